The molecule has 1 aromatic carbocycles. The van der Waals surface area contributed by atoms with Gasteiger partial charge in [0.05, 0.1) is 18.8 Å². The average molecular weight is 350 g/mol. The first-order chi connectivity index (χ1) is 12.6. The van der Waals surface area contributed by atoms with Gasteiger partial charge in [-0.25, -0.2) is 10.2 Å². The van der Waals surface area contributed by atoms with Crippen LogP contribution in [0.25, 0.3) is 10.9 Å². The lowest BCUT2D eigenvalue weighted by Crippen LogP contribution is -2.16. The molecule has 0 unspecified atom stereocenters. The van der Waals surface area contributed by atoms with Crippen molar-refractivity contribution in [3.8, 4) is 6.07 Å². The third kappa shape index (κ3) is 3.62. The van der Waals surface area contributed by atoms with Gasteiger partial charge in [0.25, 0.3) is 5.91 Å². The number of carboxylic acids is 1. The van der Waals surface area contributed by atoms with Crippen LogP contribution in [0.15, 0.2) is 52.1 Å². The molecule has 0 aliphatic heterocycles. The van der Waals surface area contributed by atoms with Crippen molar-refractivity contribution in [3.63, 3.8) is 0 Å². The topological polar surface area (TPSA) is 121 Å². The van der Waals surface area contributed by atoms with E-state index in [9.17, 15) is 9.59 Å². The number of nitrogens with zero attached hydrogens (tertiary/aromatic N) is 3. The van der Waals surface area contributed by atoms with Crippen LogP contribution >= 0.6 is 0 Å². The summed E-state index contributed by atoms with van der Waals surface area (Å²) in [5.41, 5.74) is 3.96. The molecule has 2 N–H and O–H groups in total. The second-order valence-electron chi connectivity index (χ2n) is 5.43. The lowest BCUT2D eigenvalue weighted by molar-refractivity contribution is -0.120. The van der Waals surface area contributed by atoms with Gasteiger partial charge in [0, 0.05) is 22.7 Å². The maximum Gasteiger partial charge on any atom is 0.371 e. The molecule has 0 radical (unpaired) electrons. The number of carboxylic acid groups (broad SMARTS) is 1. The van der Waals surface area contributed by atoms with Crippen LogP contribution in [0.5, 0.6) is 0 Å². The van der Waals surface area contributed by atoms with Crippen molar-refractivity contribution < 1.29 is 19.1 Å². The number of nitrogens with one attached hydrogen (secondary N) is 1. The van der Waals surface area contributed by atoms with E-state index >= 15 is 0 Å². The van der Waals surface area contributed by atoms with Crippen LogP contribution in [0.2, 0.25) is 0 Å². The average Bonchev–Trinajstić information content (AvgIpc) is 3.22. The molecule has 1 amide bonds. The number of benzene rings is 1. The lowest BCUT2D eigenvalue weighted by Gasteiger charge is -2.02. The number of para-hydroxylation sites is 1. The fraction of sp³-hybridized carbons (Fsp3) is 0.111. The van der Waals surface area contributed by atoms with E-state index in [0.717, 1.165) is 16.5 Å². The zero-order chi connectivity index (χ0) is 18.5. The van der Waals surface area contributed by atoms with Gasteiger partial charge in [0.1, 0.15) is 12.2 Å². The Morgan fingerprint density at radius 2 is 2.12 bits per heavy atom. The molecule has 0 fully saturated rings. The molecule has 0 saturated heterocycles. The minimum absolute atomic E-state index is 0.113. The normalized spacial score (nSPS) is 10.9. The Bertz CT molecular complexity index is 1040. The molecule has 8 nitrogen and oxygen atoms in total. The summed E-state index contributed by atoms with van der Waals surface area (Å²) >= 11 is 0. The fourth-order valence-electron chi connectivity index (χ4n) is 2.54. The quantitative estimate of drug-likeness (QED) is 0.522. The van der Waals surface area contributed by atoms with Crippen LogP contribution in [-0.2, 0) is 11.3 Å². The summed E-state index contributed by atoms with van der Waals surface area (Å²) < 4.78 is 7.21. The Hall–Kier alpha value is -3.86. The molecule has 2 heterocycles. The van der Waals surface area contributed by atoms with Crippen LogP contribution in [0.4, 0.5) is 0 Å². The highest BCUT2D eigenvalue weighted by molar-refractivity contribution is 5.99. The van der Waals surface area contributed by atoms with Crippen LogP contribution in [0, 0.1) is 11.3 Å². The Labute approximate surface area is 147 Å². The highest BCUT2D eigenvalue weighted by Gasteiger charge is 2.12. The Morgan fingerprint density at radius 1 is 1.31 bits per heavy atom. The van der Waals surface area contributed by atoms with Crippen LogP contribution in [-0.4, -0.2) is 27.8 Å². The Morgan fingerprint density at radius 3 is 2.85 bits per heavy atom. The summed E-state index contributed by atoms with van der Waals surface area (Å²) in [4.78, 5) is 22.2. The van der Waals surface area contributed by atoms with Crippen molar-refractivity contribution in [3.05, 3.63) is 59.7 Å². The van der Waals surface area contributed by atoms with Crippen molar-refractivity contribution in [1.82, 2.24) is 9.99 Å². The third-order valence-electron chi connectivity index (χ3n) is 3.65. The van der Waals surface area contributed by atoms with Gasteiger partial charge < -0.3 is 14.1 Å². The molecule has 0 atom stereocenters. The first-order valence-electron chi connectivity index (χ1n) is 7.67. The number of hydrogen-bond donors (Lipinski definition) is 2. The molecule has 130 valence electrons. The number of fused-ring (bicyclic) bond motifs is 1. The largest absolute Gasteiger partial charge is 0.475 e. The molecule has 3 aromatic rings. The monoisotopic (exact) mass is 350 g/mol. The molecule has 0 bridgehead atoms. The minimum Gasteiger partial charge on any atom is -0.475 e. The first kappa shape index (κ1) is 17.0. The summed E-state index contributed by atoms with van der Waals surface area (Å²) in [5.74, 6) is -1.20. The number of furan rings is 1. The van der Waals surface area contributed by atoms with Crippen molar-refractivity contribution in [2.75, 3.05) is 0 Å². The SMILES string of the molecule is N#CCC(=O)N/N=C\c1cn(Cc2ccc(C(=O)O)o2)c2ccccc12. The maximum atomic E-state index is 11.3. The summed E-state index contributed by atoms with van der Waals surface area (Å²) in [6.45, 7) is 0.350. The molecular weight excluding hydrogens is 336 g/mol. The van der Waals surface area contributed by atoms with E-state index in [1.807, 2.05) is 35.0 Å². The number of amides is 1. The molecule has 0 aliphatic carbocycles. The van der Waals surface area contributed by atoms with Gasteiger partial charge in [-0.1, -0.05) is 18.2 Å². The summed E-state index contributed by atoms with van der Waals surface area (Å²) in [5, 5.41) is 22.2. The van der Waals surface area contributed by atoms with E-state index in [1.165, 1.54) is 12.3 Å². The van der Waals surface area contributed by atoms with Gasteiger partial charge in [0.2, 0.25) is 5.76 Å². The first-order valence-corrected chi connectivity index (χ1v) is 7.67. The van der Waals surface area contributed by atoms with Gasteiger partial charge in [-0.15, -0.1) is 0 Å². The Balaban J connectivity index is 1.87. The van der Waals surface area contributed by atoms with E-state index in [-0.39, 0.29) is 12.2 Å². The van der Waals surface area contributed by atoms with Crippen LogP contribution < -0.4 is 5.43 Å². The van der Waals surface area contributed by atoms with Gasteiger partial charge in [0.15, 0.2) is 0 Å². The standard InChI is InChI=1S/C18H14N4O4/c19-8-7-17(23)21-20-9-12-10-22(15-4-2-1-3-14(12)15)11-13-5-6-16(26-13)18(24)25/h1-6,9-10H,7,11H2,(H,21,23)(H,24,25)/b20-9-. The lowest BCUT2D eigenvalue weighted by atomic mass is 10.2. The van der Waals surface area contributed by atoms with E-state index in [1.54, 1.807) is 12.1 Å². The van der Waals surface area contributed by atoms with Gasteiger partial charge in [-0.2, -0.15) is 10.4 Å². The summed E-state index contributed by atoms with van der Waals surface area (Å²) in [6, 6.07) is 12.4. The summed E-state index contributed by atoms with van der Waals surface area (Å²) in [6.07, 6.45) is 3.07. The van der Waals surface area contributed by atoms with Crippen molar-refractivity contribution in [2.24, 2.45) is 5.10 Å². The van der Waals surface area contributed by atoms with Gasteiger partial charge >= 0.3 is 5.97 Å². The second kappa shape index (κ2) is 7.36. The molecular formula is C18H14N4O4. The van der Waals surface area contributed by atoms with E-state index in [2.05, 4.69) is 10.5 Å². The number of rotatable bonds is 6. The second-order valence-corrected chi connectivity index (χ2v) is 5.43. The zero-order valence-corrected chi connectivity index (χ0v) is 13.5. The molecule has 2 aromatic heterocycles. The smallest absolute Gasteiger partial charge is 0.371 e. The van der Waals surface area contributed by atoms with E-state index in [0.29, 0.717) is 12.3 Å². The predicted molar refractivity (Wildman–Crippen MR) is 92.7 cm³/mol. The van der Waals surface area contributed by atoms with Gasteiger partial charge in [-0.3, -0.25) is 4.79 Å². The minimum atomic E-state index is -1.12. The number of hydrazone groups is 1. The highest BCUT2D eigenvalue weighted by atomic mass is 16.4. The fourth-order valence-corrected chi connectivity index (χ4v) is 2.54. The van der Waals surface area contributed by atoms with Crippen LogP contribution in [0.1, 0.15) is 28.3 Å². The van der Waals surface area contributed by atoms with E-state index < -0.39 is 11.9 Å². The number of carbonyl (C=O) groups excluding carboxylic acids is 1. The molecule has 26 heavy (non-hydrogen) atoms. The number of aromatic carboxylic acids is 1. The van der Waals surface area contributed by atoms with Gasteiger partial charge in [-0.05, 0) is 18.2 Å². The summed E-state index contributed by atoms with van der Waals surface area (Å²) in [7, 11) is 0. The molecule has 0 spiro atoms. The number of aromatic nitrogens is 1. The zero-order valence-electron chi connectivity index (χ0n) is 13.5. The number of hydrogen-bond acceptors (Lipinski definition) is 5. The Kier molecular flexibility index (Phi) is 4.80. The van der Waals surface area contributed by atoms with Crippen molar-refractivity contribution >= 4 is 29.0 Å². The number of carbonyl (C=O) groups is 2. The molecule has 0 saturated carbocycles. The van der Waals surface area contributed by atoms with Crippen molar-refractivity contribution in [1.29, 1.82) is 5.26 Å². The third-order valence-corrected chi connectivity index (χ3v) is 3.65. The molecule has 8 heteroatoms. The predicted octanol–water partition coefficient (Wildman–Crippen LogP) is 2.34. The maximum absolute atomic E-state index is 11.3. The van der Waals surface area contributed by atoms with Crippen molar-refractivity contribution in [2.45, 2.75) is 13.0 Å². The molecule has 0 aliphatic rings. The molecule has 3 rings (SSSR count). The van der Waals surface area contributed by atoms with Crippen LogP contribution in [0.3, 0.4) is 0 Å². The van der Waals surface area contributed by atoms with E-state index in [4.69, 9.17) is 14.8 Å². The number of nitriles is 1. The highest BCUT2D eigenvalue weighted by Crippen LogP contribution is 2.22.